The number of carbonyl (C=O) groups is 2. The lowest BCUT2D eigenvalue weighted by Gasteiger charge is -2.35. The first kappa shape index (κ1) is 16.2. The molecule has 3 fully saturated rings. The number of nitrogens with zero attached hydrogens (tertiary/aromatic N) is 3. The average Bonchev–Trinajstić information content (AvgIpc) is 2.81. The van der Waals surface area contributed by atoms with Gasteiger partial charge in [0, 0.05) is 24.5 Å². The minimum absolute atomic E-state index is 0.0812. The molecular weight excluding hydrogens is 331 g/mol. The van der Waals surface area contributed by atoms with Crippen LogP contribution in [0.25, 0.3) is 0 Å². The number of amides is 2. The summed E-state index contributed by atoms with van der Waals surface area (Å²) >= 11 is 1.43. The second-order valence-electron chi connectivity index (χ2n) is 5.96. The van der Waals surface area contributed by atoms with Gasteiger partial charge in [-0.15, -0.1) is 11.3 Å². The second kappa shape index (κ2) is 6.10. The number of aromatic nitrogens is 1. The van der Waals surface area contributed by atoms with Crippen LogP contribution in [0.3, 0.4) is 0 Å². The van der Waals surface area contributed by atoms with Crippen LogP contribution in [0.15, 0.2) is 10.9 Å². The minimum Gasteiger partial charge on any atom is -0.340 e. The highest BCUT2D eigenvalue weighted by Gasteiger charge is 2.43. The molecule has 2 atom stereocenters. The monoisotopic (exact) mass is 347 g/mol. The highest BCUT2D eigenvalue weighted by Crippen LogP contribution is 2.31. The number of hydrogen-bond acceptors (Lipinski definition) is 4. The molecule has 4 heterocycles. The first-order valence-electron chi connectivity index (χ1n) is 7.35. The predicted molar refractivity (Wildman–Crippen MR) is 76.4 cm³/mol. The molecular formula is C14H16F3N3O2S. The number of fused-ring (bicyclic) bond motifs is 4. The predicted octanol–water partition coefficient (Wildman–Crippen LogP) is 2.04. The van der Waals surface area contributed by atoms with E-state index in [1.165, 1.54) is 16.2 Å². The summed E-state index contributed by atoms with van der Waals surface area (Å²) in [5, 5.41) is 1.85. The molecule has 0 saturated carbocycles. The lowest BCUT2D eigenvalue weighted by Crippen LogP contribution is -2.47. The SMILES string of the molecule is O=C(CC(F)(F)F)N1C[C@@H]2CC[C@H](C1)N(Cc1cscn1)C2=O. The van der Waals surface area contributed by atoms with E-state index in [1.54, 1.807) is 10.4 Å². The zero-order valence-electron chi connectivity index (χ0n) is 12.3. The van der Waals surface area contributed by atoms with Gasteiger partial charge >= 0.3 is 6.18 Å². The Balaban J connectivity index is 1.74. The minimum atomic E-state index is -4.52. The molecule has 4 rings (SSSR count). The maximum atomic E-state index is 12.5. The molecule has 9 heteroatoms. The standard InChI is InChI=1S/C14H16F3N3O2S/c15-14(16,17)3-12(21)19-4-9-1-2-11(6-19)20(13(9)22)5-10-7-23-8-18-10/h7-9,11H,1-6H2/t9-,11+/m0/s1. The number of hydrogen-bond donors (Lipinski definition) is 0. The summed E-state index contributed by atoms with van der Waals surface area (Å²) < 4.78 is 37.3. The quantitative estimate of drug-likeness (QED) is 0.841. The van der Waals surface area contributed by atoms with Gasteiger partial charge in [-0.25, -0.2) is 4.98 Å². The van der Waals surface area contributed by atoms with Crippen molar-refractivity contribution in [2.45, 2.75) is 38.0 Å². The van der Waals surface area contributed by atoms with E-state index in [4.69, 9.17) is 0 Å². The molecule has 2 bridgehead atoms. The maximum Gasteiger partial charge on any atom is 0.397 e. The van der Waals surface area contributed by atoms with Gasteiger partial charge in [0.1, 0.15) is 6.42 Å². The summed E-state index contributed by atoms with van der Waals surface area (Å²) in [6.07, 6.45) is -4.66. The normalized spacial score (nSPS) is 24.9. The summed E-state index contributed by atoms with van der Waals surface area (Å²) in [5.74, 6) is -1.45. The molecule has 0 aliphatic carbocycles. The fourth-order valence-corrected chi connectivity index (χ4v) is 3.78. The average molecular weight is 347 g/mol. The van der Waals surface area contributed by atoms with Crippen LogP contribution in [-0.4, -0.2) is 51.9 Å². The van der Waals surface area contributed by atoms with E-state index in [0.29, 0.717) is 19.4 Å². The largest absolute Gasteiger partial charge is 0.397 e. The van der Waals surface area contributed by atoms with Crippen molar-refractivity contribution in [3.63, 3.8) is 0 Å². The Kier molecular flexibility index (Phi) is 4.31. The van der Waals surface area contributed by atoms with Crippen molar-refractivity contribution in [3.05, 3.63) is 16.6 Å². The zero-order valence-corrected chi connectivity index (χ0v) is 13.1. The Morgan fingerprint density at radius 3 is 2.78 bits per heavy atom. The van der Waals surface area contributed by atoms with Crippen molar-refractivity contribution in [3.8, 4) is 0 Å². The molecule has 0 N–H and O–H groups in total. The third-order valence-electron chi connectivity index (χ3n) is 4.31. The van der Waals surface area contributed by atoms with Crippen molar-refractivity contribution >= 4 is 23.2 Å². The van der Waals surface area contributed by atoms with Gasteiger partial charge in [0.2, 0.25) is 11.8 Å². The number of rotatable bonds is 3. The Bertz CT molecular complexity index is 591. The van der Waals surface area contributed by atoms with E-state index in [0.717, 1.165) is 5.69 Å². The van der Waals surface area contributed by atoms with E-state index in [2.05, 4.69) is 4.98 Å². The number of carbonyl (C=O) groups excluding carboxylic acids is 2. The molecule has 3 aliphatic rings. The van der Waals surface area contributed by atoms with E-state index in [-0.39, 0.29) is 25.0 Å². The lowest BCUT2D eigenvalue weighted by molar-refractivity contribution is -0.161. The number of halogens is 3. The molecule has 3 aliphatic heterocycles. The summed E-state index contributed by atoms with van der Waals surface area (Å²) in [4.78, 5) is 31.4. The Morgan fingerprint density at radius 2 is 2.13 bits per heavy atom. The summed E-state index contributed by atoms with van der Waals surface area (Å²) in [5.41, 5.74) is 2.44. The summed E-state index contributed by atoms with van der Waals surface area (Å²) in [7, 11) is 0. The lowest BCUT2D eigenvalue weighted by atomic mass is 9.94. The van der Waals surface area contributed by atoms with Crippen LogP contribution in [0.2, 0.25) is 0 Å². The Labute approximate surface area is 135 Å². The summed E-state index contributed by atoms with van der Waals surface area (Å²) in [6.45, 7) is 0.601. The van der Waals surface area contributed by atoms with Crippen LogP contribution in [0.4, 0.5) is 13.2 Å². The second-order valence-corrected chi connectivity index (χ2v) is 6.68. The third kappa shape index (κ3) is 3.65. The topological polar surface area (TPSA) is 53.5 Å². The van der Waals surface area contributed by atoms with Gasteiger partial charge in [0.15, 0.2) is 0 Å². The molecule has 5 nitrogen and oxygen atoms in total. The van der Waals surface area contributed by atoms with Gasteiger partial charge in [0.05, 0.1) is 23.7 Å². The third-order valence-corrected chi connectivity index (χ3v) is 4.95. The van der Waals surface area contributed by atoms with Crippen LogP contribution in [0.1, 0.15) is 25.0 Å². The highest BCUT2D eigenvalue weighted by molar-refractivity contribution is 7.07. The molecule has 2 amide bonds. The van der Waals surface area contributed by atoms with Crippen molar-refractivity contribution in [2.24, 2.45) is 5.92 Å². The van der Waals surface area contributed by atoms with Gasteiger partial charge in [0.25, 0.3) is 0 Å². The van der Waals surface area contributed by atoms with Crippen LogP contribution in [0, 0.1) is 5.92 Å². The van der Waals surface area contributed by atoms with E-state index >= 15 is 0 Å². The van der Waals surface area contributed by atoms with Crippen molar-refractivity contribution in [2.75, 3.05) is 13.1 Å². The maximum absolute atomic E-state index is 12.5. The highest BCUT2D eigenvalue weighted by atomic mass is 32.1. The number of piperidine rings is 1. The van der Waals surface area contributed by atoms with Gasteiger partial charge < -0.3 is 9.80 Å². The van der Waals surface area contributed by atoms with Gasteiger partial charge in [-0.3, -0.25) is 9.59 Å². The van der Waals surface area contributed by atoms with Crippen LogP contribution in [0.5, 0.6) is 0 Å². The van der Waals surface area contributed by atoms with E-state index < -0.39 is 24.4 Å². The van der Waals surface area contributed by atoms with E-state index in [9.17, 15) is 22.8 Å². The van der Waals surface area contributed by atoms with Gasteiger partial charge in [-0.05, 0) is 12.8 Å². The number of alkyl halides is 3. The van der Waals surface area contributed by atoms with Crippen LogP contribution >= 0.6 is 11.3 Å². The molecule has 3 saturated heterocycles. The molecule has 0 radical (unpaired) electrons. The summed E-state index contributed by atoms with van der Waals surface area (Å²) in [6, 6.07) is -0.236. The molecule has 0 spiro atoms. The van der Waals surface area contributed by atoms with Gasteiger partial charge in [-0.1, -0.05) is 0 Å². The zero-order chi connectivity index (χ0) is 16.6. The first-order valence-corrected chi connectivity index (χ1v) is 8.30. The fourth-order valence-electron chi connectivity index (χ4n) is 3.23. The molecule has 1 aromatic rings. The Morgan fingerprint density at radius 1 is 1.35 bits per heavy atom. The smallest absolute Gasteiger partial charge is 0.340 e. The number of thiazole rings is 1. The van der Waals surface area contributed by atoms with Crippen molar-refractivity contribution < 1.29 is 22.8 Å². The molecule has 0 aromatic carbocycles. The van der Waals surface area contributed by atoms with Gasteiger partial charge in [-0.2, -0.15) is 13.2 Å². The Hall–Kier alpha value is -1.64. The van der Waals surface area contributed by atoms with Crippen LogP contribution < -0.4 is 0 Å². The molecule has 0 unspecified atom stereocenters. The molecule has 126 valence electrons. The van der Waals surface area contributed by atoms with E-state index in [1.807, 2.05) is 5.38 Å². The van der Waals surface area contributed by atoms with Crippen LogP contribution in [-0.2, 0) is 16.1 Å². The molecule has 1 aromatic heterocycles. The van der Waals surface area contributed by atoms with Crippen molar-refractivity contribution in [1.82, 2.24) is 14.8 Å². The van der Waals surface area contributed by atoms with Crippen molar-refractivity contribution in [1.29, 1.82) is 0 Å². The molecule has 23 heavy (non-hydrogen) atoms. The fraction of sp³-hybridized carbons (Fsp3) is 0.643. The first-order chi connectivity index (χ1) is 10.8.